The van der Waals surface area contributed by atoms with Crippen LogP contribution in [0.5, 0.6) is 0 Å². The van der Waals surface area contributed by atoms with Crippen LogP contribution in [0.3, 0.4) is 0 Å². The number of nitrogens with zero attached hydrogens (tertiary/aromatic N) is 6. The van der Waals surface area contributed by atoms with Crippen molar-refractivity contribution in [3.05, 3.63) is 47.9 Å². The van der Waals surface area contributed by atoms with Crippen LogP contribution in [0.25, 0.3) is 11.3 Å². The Hall–Kier alpha value is -3.11. The predicted octanol–water partition coefficient (Wildman–Crippen LogP) is 0.923. The minimum atomic E-state index is -0.367. The molecule has 4 rings (SSSR count). The molecular weight excluding hydrogens is 362 g/mol. The van der Waals surface area contributed by atoms with E-state index in [9.17, 15) is 4.79 Å². The minimum absolute atomic E-state index is 0.0413. The number of aromatic amines is 1. The number of aromatic nitrogens is 6. The number of hydrogen-bond acceptors (Lipinski definition) is 7. The van der Waals surface area contributed by atoms with Crippen LogP contribution in [0.2, 0.25) is 0 Å². The van der Waals surface area contributed by atoms with Gasteiger partial charge in [-0.05, 0) is 34.2 Å². The van der Waals surface area contributed by atoms with Crippen molar-refractivity contribution in [2.45, 2.75) is 12.6 Å². The predicted molar refractivity (Wildman–Crippen MR) is 98.3 cm³/mol. The quantitative estimate of drug-likeness (QED) is 0.674. The number of tetrazole rings is 1. The highest BCUT2D eigenvalue weighted by atomic mass is 16.5. The number of methoxy groups -OCH3 is 1. The van der Waals surface area contributed by atoms with E-state index in [1.54, 1.807) is 22.9 Å². The van der Waals surface area contributed by atoms with Crippen molar-refractivity contribution in [1.82, 2.24) is 35.3 Å². The monoisotopic (exact) mass is 383 g/mol. The van der Waals surface area contributed by atoms with Gasteiger partial charge in [0.25, 0.3) is 5.91 Å². The van der Waals surface area contributed by atoms with Crippen LogP contribution in [0.1, 0.15) is 22.3 Å². The molecule has 0 radical (unpaired) electrons. The van der Waals surface area contributed by atoms with Crippen molar-refractivity contribution >= 4 is 5.91 Å². The molecule has 2 aromatic heterocycles. The first-order chi connectivity index (χ1) is 13.8. The van der Waals surface area contributed by atoms with E-state index in [4.69, 9.17) is 9.47 Å². The molecule has 0 unspecified atom stereocenters. The molecule has 146 valence electrons. The molecule has 3 aromatic rings. The molecule has 1 aliphatic heterocycles. The van der Waals surface area contributed by atoms with Gasteiger partial charge in [0.05, 0.1) is 32.0 Å². The van der Waals surface area contributed by atoms with Crippen LogP contribution >= 0.6 is 0 Å². The SMILES string of the molecule is COCCn1nnnc1[C@H]1CN(C(=O)c2ccc(-c3ccn[nH]3)cc2)CCO1. The van der Waals surface area contributed by atoms with Crippen LogP contribution in [0, 0.1) is 0 Å². The zero-order chi connectivity index (χ0) is 19.3. The molecule has 1 aliphatic rings. The summed E-state index contributed by atoms with van der Waals surface area (Å²) in [7, 11) is 1.62. The average Bonchev–Trinajstić information content (AvgIpc) is 3.44. The van der Waals surface area contributed by atoms with Gasteiger partial charge in [0.15, 0.2) is 5.82 Å². The van der Waals surface area contributed by atoms with E-state index >= 15 is 0 Å². The topological polar surface area (TPSA) is 111 Å². The molecular formula is C18H21N7O3. The highest BCUT2D eigenvalue weighted by Gasteiger charge is 2.29. The Morgan fingerprint density at radius 3 is 2.93 bits per heavy atom. The molecule has 1 saturated heterocycles. The Kier molecular flexibility index (Phi) is 5.40. The van der Waals surface area contributed by atoms with Crippen LogP contribution in [0.15, 0.2) is 36.5 Å². The molecule has 0 saturated carbocycles. The van der Waals surface area contributed by atoms with Gasteiger partial charge >= 0.3 is 0 Å². The molecule has 1 aromatic carbocycles. The first-order valence-corrected chi connectivity index (χ1v) is 9.02. The van der Waals surface area contributed by atoms with E-state index in [-0.39, 0.29) is 12.0 Å². The van der Waals surface area contributed by atoms with Crippen molar-refractivity contribution in [3.8, 4) is 11.3 Å². The minimum Gasteiger partial charge on any atom is -0.383 e. The third kappa shape index (κ3) is 3.78. The fourth-order valence-electron chi connectivity index (χ4n) is 3.16. The van der Waals surface area contributed by atoms with E-state index in [1.807, 2.05) is 30.3 Å². The number of nitrogens with one attached hydrogen (secondary N) is 1. The van der Waals surface area contributed by atoms with Gasteiger partial charge in [-0.3, -0.25) is 9.89 Å². The van der Waals surface area contributed by atoms with Gasteiger partial charge in [-0.15, -0.1) is 5.10 Å². The summed E-state index contributed by atoms with van der Waals surface area (Å²) in [6.07, 6.45) is 1.33. The smallest absolute Gasteiger partial charge is 0.254 e. The van der Waals surface area contributed by atoms with Crippen LogP contribution in [0.4, 0.5) is 0 Å². The lowest BCUT2D eigenvalue weighted by Gasteiger charge is -2.32. The maximum atomic E-state index is 12.9. The molecule has 0 bridgehead atoms. The fourth-order valence-corrected chi connectivity index (χ4v) is 3.16. The number of benzene rings is 1. The maximum absolute atomic E-state index is 12.9. The van der Waals surface area contributed by atoms with Crippen molar-refractivity contribution in [2.24, 2.45) is 0 Å². The molecule has 10 heteroatoms. The second kappa shape index (κ2) is 8.28. The molecule has 1 atom stereocenters. The Morgan fingerprint density at radius 1 is 1.32 bits per heavy atom. The molecule has 1 fully saturated rings. The van der Waals surface area contributed by atoms with Crippen LogP contribution in [-0.2, 0) is 16.0 Å². The van der Waals surface area contributed by atoms with Gasteiger partial charge < -0.3 is 14.4 Å². The number of hydrogen-bond donors (Lipinski definition) is 1. The summed E-state index contributed by atoms with van der Waals surface area (Å²) in [6.45, 7) is 2.38. The summed E-state index contributed by atoms with van der Waals surface area (Å²) < 4.78 is 12.6. The first kappa shape index (κ1) is 18.3. The number of amides is 1. The van der Waals surface area contributed by atoms with Gasteiger partial charge in [0.1, 0.15) is 6.10 Å². The number of H-pyrrole nitrogens is 1. The Balaban J connectivity index is 1.45. The summed E-state index contributed by atoms with van der Waals surface area (Å²) in [5, 5.41) is 18.6. The van der Waals surface area contributed by atoms with Gasteiger partial charge in [-0.25, -0.2) is 4.68 Å². The van der Waals surface area contributed by atoms with E-state index < -0.39 is 0 Å². The summed E-state index contributed by atoms with van der Waals surface area (Å²) >= 11 is 0. The standard InChI is InChI=1S/C18H21N7O3/c1-27-10-9-25-17(21-22-23-25)16-12-24(8-11-28-16)18(26)14-4-2-13(3-5-14)15-6-7-19-20-15/h2-7,16H,8-12H2,1H3,(H,19,20)/t16-/m1/s1. The number of carbonyl (C=O) groups excluding carboxylic acids is 1. The Morgan fingerprint density at radius 2 is 2.18 bits per heavy atom. The molecule has 10 nitrogen and oxygen atoms in total. The highest BCUT2D eigenvalue weighted by Crippen LogP contribution is 2.22. The van der Waals surface area contributed by atoms with Crippen LogP contribution in [-0.4, -0.2) is 74.6 Å². The Bertz CT molecular complexity index is 908. The van der Waals surface area contributed by atoms with E-state index in [0.29, 0.717) is 44.2 Å². The second-order valence-corrected chi connectivity index (χ2v) is 6.41. The Labute approximate surface area is 161 Å². The average molecular weight is 383 g/mol. The fraction of sp³-hybridized carbons (Fsp3) is 0.389. The summed E-state index contributed by atoms with van der Waals surface area (Å²) in [6, 6.07) is 9.35. The lowest BCUT2D eigenvalue weighted by molar-refractivity contribution is -0.0292. The number of morpholine rings is 1. The van der Waals surface area contributed by atoms with Crippen LogP contribution < -0.4 is 0 Å². The third-order valence-corrected chi connectivity index (χ3v) is 4.65. The molecule has 0 spiro atoms. The number of rotatable bonds is 6. The number of carbonyl (C=O) groups is 1. The van der Waals surface area contributed by atoms with Crippen molar-refractivity contribution in [2.75, 3.05) is 33.4 Å². The first-order valence-electron chi connectivity index (χ1n) is 9.02. The second-order valence-electron chi connectivity index (χ2n) is 6.41. The molecule has 1 amide bonds. The van der Waals surface area contributed by atoms with E-state index in [1.165, 1.54) is 0 Å². The van der Waals surface area contributed by atoms with Gasteiger partial charge in [0.2, 0.25) is 0 Å². The van der Waals surface area contributed by atoms with Gasteiger partial charge in [0, 0.05) is 25.4 Å². The lowest BCUT2D eigenvalue weighted by atomic mass is 10.1. The normalized spacial score (nSPS) is 17.0. The summed E-state index contributed by atoms with van der Waals surface area (Å²) in [5.74, 6) is 0.560. The maximum Gasteiger partial charge on any atom is 0.254 e. The zero-order valence-corrected chi connectivity index (χ0v) is 15.5. The van der Waals surface area contributed by atoms with Crippen molar-refractivity contribution in [1.29, 1.82) is 0 Å². The molecule has 0 aliphatic carbocycles. The van der Waals surface area contributed by atoms with Gasteiger partial charge in [-0.2, -0.15) is 5.10 Å². The summed E-state index contributed by atoms with van der Waals surface area (Å²) in [5.41, 5.74) is 2.52. The zero-order valence-electron chi connectivity index (χ0n) is 15.5. The van der Waals surface area contributed by atoms with E-state index in [2.05, 4.69) is 25.7 Å². The molecule has 1 N–H and O–H groups in total. The lowest BCUT2D eigenvalue weighted by Crippen LogP contribution is -2.43. The van der Waals surface area contributed by atoms with Crippen molar-refractivity contribution in [3.63, 3.8) is 0 Å². The summed E-state index contributed by atoms with van der Waals surface area (Å²) in [4.78, 5) is 14.7. The number of ether oxygens (including phenoxy) is 2. The molecule has 3 heterocycles. The van der Waals surface area contributed by atoms with Gasteiger partial charge in [-0.1, -0.05) is 12.1 Å². The van der Waals surface area contributed by atoms with E-state index in [0.717, 1.165) is 11.3 Å². The van der Waals surface area contributed by atoms with Crippen molar-refractivity contribution < 1.29 is 14.3 Å². The largest absolute Gasteiger partial charge is 0.383 e. The highest BCUT2D eigenvalue weighted by molar-refractivity contribution is 5.94. The third-order valence-electron chi connectivity index (χ3n) is 4.65. The molecule has 28 heavy (non-hydrogen) atoms.